The Hall–Kier alpha value is -0.910. The van der Waals surface area contributed by atoms with Gasteiger partial charge in [-0.3, -0.25) is 9.69 Å². The highest BCUT2D eigenvalue weighted by Gasteiger charge is 2.27. The maximum Gasteiger partial charge on any atom is 0.238 e. The summed E-state index contributed by atoms with van der Waals surface area (Å²) in [6, 6.07) is 7.77. The number of benzene rings is 1. The van der Waals surface area contributed by atoms with Gasteiger partial charge in [0.25, 0.3) is 0 Å². The van der Waals surface area contributed by atoms with E-state index in [4.69, 9.17) is 5.73 Å². The Morgan fingerprint density at radius 3 is 2.94 bits per heavy atom. The van der Waals surface area contributed by atoms with Gasteiger partial charge >= 0.3 is 0 Å². The monoisotopic (exact) mass is 311 g/mol. The van der Waals surface area contributed by atoms with E-state index in [9.17, 15) is 4.79 Å². The van der Waals surface area contributed by atoms with E-state index in [0.717, 1.165) is 23.2 Å². The van der Waals surface area contributed by atoms with Crippen molar-refractivity contribution in [2.75, 3.05) is 25.0 Å². The van der Waals surface area contributed by atoms with Gasteiger partial charge in [0.15, 0.2) is 0 Å². The fraction of sp³-hybridized carbons (Fsp3) is 0.462. The Morgan fingerprint density at radius 1 is 1.56 bits per heavy atom. The standard InChI is InChI=1S/C13H18BrN3O/c1-9-6-17(7-12(9)15)8-13(18)16-11-4-2-3-10(14)5-11/h2-5,9,12H,6-8,15H2,1H3,(H,16,18). The number of carbonyl (C=O) groups is 1. The van der Waals surface area contributed by atoms with E-state index < -0.39 is 0 Å². The van der Waals surface area contributed by atoms with Gasteiger partial charge in [0.2, 0.25) is 5.91 Å². The summed E-state index contributed by atoms with van der Waals surface area (Å²) in [5, 5.41) is 2.89. The molecule has 3 N–H and O–H groups in total. The third kappa shape index (κ3) is 3.54. The van der Waals surface area contributed by atoms with E-state index in [-0.39, 0.29) is 11.9 Å². The SMILES string of the molecule is CC1CN(CC(=O)Nc2cccc(Br)c2)CC1N. The molecular formula is C13H18BrN3O. The molecule has 1 aromatic carbocycles. The predicted molar refractivity (Wildman–Crippen MR) is 76.4 cm³/mol. The molecule has 18 heavy (non-hydrogen) atoms. The van der Waals surface area contributed by atoms with Crippen LogP contribution in [-0.2, 0) is 4.79 Å². The number of nitrogens with zero attached hydrogens (tertiary/aromatic N) is 1. The second-order valence-electron chi connectivity index (χ2n) is 4.89. The molecule has 0 aromatic heterocycles. The number of nitrogens with two attached hydrogens (primary N) is 1. The lowest BCUT2D eigenvalue weighted by Crippen LogP contribution is -2.33. The fourth-order valence-electron chi connectivity index (χ4n) is 2.19. The minimum absolute atomic E-state index is 0.00870. The number of likely N-dealkylation sites (tertiary alicyclic amines) is 1. The van der Waals surface area contributed by atoms with Crippen molar-refractivity contribution < 1.29 is 4.79 Å². The zero-order valence-corrected chi connectivity index (χ0v) is 12.0. The van der Waals surface area contributed by atoms with Crippen LogP contribution in [0, 0.1) is 5.92 Å². The lowest BCUT2D eigenvalue weighted by Gasteiger charge is -2.14. The molecule has 0 radical (unpaired) electrons. The zero-order valence-electron chi connectivity index (χ0n) is 10.4. The van der Waals surface area contributed by atoms with Gasteiger partial charge in [0.05, 0.1) is 6.54 Å². The van der Waals surface area contributed by atoms with Crippen LogP contribution in [-0.4, -0.2) is 36.5 Å². The third-order valence-corrected chi connectivity index (χ3v) is 3.71. The summed E-state index contributed by atoms with van der Waals surface area (Å²) in [4.78, 5) is 14.0. The number of anilines is 1. The van der Waals surface area contributed by atoms with Crippen LogP contribution in [0.25, 0.3) is 0 Å². The van der Waals surface area contributed by atoms with Crippen LogP contribution in [0.5, 0.6) is 0 Å². The summed E-state index contributed by atoms with van der Waals surface area (Å²) < 4.78 is 0.956. The number of rotatable bonds is 3. The highest BCUT2D eigenvalue weighted by Crippen LogP contribution is 2.17. The van der Waals surface area contributed by atoms with Crippen molar-refractivity contribution in [1.29, 1.82) is 0 Å². The molecular weight excluding hydrogens is 294 g/mol. The van der Waals surface area contributed by atoms with Crippen LogP contribution in [0.1, 0.15) is 6.92 Å². The Balaban J connectivity index is 1.86. The van der Waals surface area contributed by atoms with Crippen molar-refractivity contribution in [3.63, 3.8) is 0 Å². The van der Waals surface area contributed by atoms with Gasteiger partial charge in [-0.15, -0.1) is 0 Å². The number of carbonyl (C=O) groups excluding carboxylic acids is 1. The molecule has 0 aliphatic carbocycles. The zero-order chi connectivity index (χ0) is 13.1. The van der Waals surface area contributed by atoms with Gasteiger partial charge in [0.1, 0.15) is 0 Å². The molecule has 2 unspecified atom stereocenters. The average Bonchev–Trinajstić information content (AvgIpc) is 2.57. The molecule has 1 fully saturated rings. The molecule has 1 aliphatic heterocycles. The second kappa shape index (κ2) is 5.82. The quantitative estimate of drug-likeness (QED) is 0.892. The Bertz CT molecular complexity index is 428. The second-order valence-corrected chi connectivity index (χ2v) is 5.81. The summed E-state index contributed by atoms with van der Waals surface area (Å²) >= 11 is 3.38. The third-order valence-electron chi connectivity index (χ3n) is 3.22. The van der Waals surface area contributed by atoms with E-state index in [0.29, 0.717) is 12.5 Å². The predicted octanol–water partition coefficient (Wildman–Crippen LogP) is 1.67. The summed E-state index contributed by atoms with van der Waals surface area (Å²) in [5.41, 5.74) is 6.75. The van der Waals surface area contributed by atoms with Crippen molar-refractivity contribution in [3.8, 4) is 0 Å². The largest absolute Gasteiger partial charge is 0.326 e. The highest BCUT2D eigenvalue weighted by molar-refractivity contribution is 9.10. The molecule has 1 saturated heterocycles. The van der Waals surface area contributed by atoms with Crippen LogP contribution < -0.4 is 11.1 Å². The first-order chi connectivity index (χ1) is 8.54. The van der Waals surface area contributed by atoms with Gasteiger partial charge in [0, 0.05) is 29.3 Å². The van der Waals surface area contributed by atoms with E-state index in [2.05, 4.69) is 33.1 Å². The maximum atomic E-state index is 11.9. The number of hydrogen-bond donors (Lipinski definition) is 2. The fourth-order valence-corrected chi connectivity index (χ4v) is 2.59. The smallest absolute Gasteiger partial charge is 0.238 e. The molecule has 1 aliphatic rings. The maximum absolute atomic E-state index is 11.9. The van der Waals surface area contributed by atoms with Crippen molar-refractivity contribution >= 4 is 27.5 Å². The average molecular weight is 312 g/mol. The lowest BCUT2D eigenvalue weighted by atomic mass is 10.1. The molecule has 1 aromatic rings. The van der Waals surface area contributed by atoms with Gasteiger partial charge < -0.3 is 11.1 Å². The summed E-state index contributed by atoms with van der Waals surface area (Å²) in [6.45, 7) is 4.22. The van der Waals surface area contributed by atoms with E-state index >= 15 is 0 Å². The van der Waals surface area contributed by atoms with Gasteiger partial charge in [-0.2, -0.15) is 0 Å². The summed E-state index contributed by atoms with van der Waals surface area (Å²) in [7, 11) is 0. The molecule has 5 heteroatoms. The van der Waals surface area contributed by atoms with Crippen LogP contribution in [0.3, 0.4) is 0 Å². The molecule has 0 bridgehead atoms. The van der Waals surface area contributed by atoms with Crippen molar-refractivity contribution in [2.45, 2.75) is 13.0 Å². The Kier molecular flexibility index (Phi) is 4.37. The molecule has 0 saturated carbocycles. The summed E-state index contributed by atoms with van der Waals surface area (Å²) in [5.74, 6) is 0.470. The number of nitrogens with one attached hydrogen (secondary N) is 1. The van der Waals surface area contributed by atoms with Crippen LogP contribution in [0.2, 0.25) is 0 Å². The molecule has 2 rings (SSSR count). The number of hydrogen-bond acceptors (Lipinski definition) is 3. The molecule has 98 valence electrons. The van der Waals surface area contributed by atoms with Gasteiger partial charge in [-0.05, 0) is 24.1 Å². The van der Waals surface area contributed by atoms with E-state index in [1.54, 1.807) is 0 Å². The number of halogens is 1. The van der Waals surface area contributed by atoms with E-state index in [1.165, 1.54) is 0 Å². The topological polar surface area (TPSA) is 58.4 Å². The van der Waals surface area contributed by atoms with Gasteiger partial charge in [-0.1, -0.05) is 28.9 Å². The molecule has 2 atom stereocenters. The molecule has 0 spiro atoms. The minimum Gasteiger partial charge on any atom is -0.326 e. The minimum atomic E-state index is 0.00870. The Labute approximate surface area is 116 Å². The van der Waals surface area contributed by atoms with E-state index in [1.807, 2.05) is 24.3 Å². The van der Waals surface area contributed by atoms with Crippen molar-refractivity contribution in [3.05, 3.63) is 28.7 Å². The lowest BCUT2D eigenvalue weighted by molar-refractivity contribution is -0.117. The normalized spacial score (nSPS) is 24.2. The van der Waals surface area contributed by atoms with Crippen LogP contribution in [0.15, 0.2) is 28.7 Å². The first kappa shape index (κ1) is 13.5. The Morgan fingerprint density at radius 2 is 2.33 bits per heavy atom. The first-order valence-corrected chi connectivity index (χ1v) is 6.87. The highest BCUT2D eigenvalue weighted by atomic mass is 79.9. The van der Waals surface area contributed by atoms with Crippen LogP contribution in [0.4, 0.5) is 5.69 Å². The molecule has 4 nitrogen and oxygen atoms in total. The molecule has 1 amide bonds. The van der Waals surface area contributed by atoms with Crippen molar-refractivity contribution in [2.24, 2.45) is 11.7 Å². The van der Waals surface area contributed by atoms with Gasteiger partial charge in [-0.25, -0.2) is 0 Å². The number of amides is 1. The molecule has 1 heterocycles. The summed E-state index contributed by atoms with van der Waals surface area (Å²) in [6.07, 6.45) is 0. The van der Waals surface area contributed by atoms with Crippen LogP contribution >= 0.6 is 15.9 Å². The van der Waals surface area contributed by atoms with Crippen molar-refractivity contribution in [1.82, 2.24) is 4.90 Å². The first-order valence-electron chi connectivity index (χ1n) is 6.08.